The molecule has 0 amide bonds. The Bertz CT molecular complexity index is 369. The minimum Gasteiger partial charge on any atom is -0.387 e. The van der Waals surface area contributed by atoms with Crippen molar-refractivity contribution in [2.75, 3.05) is 26.8 Å². The number of likely N-dealkylation sites (tertiary alicyclic amines) is 1. The van der Waals surface area contributed by atoms with E-state index in [-0.39, 0.29) is 5.82 Å². The maximum Gasteiger partial charge on any atom is 0.123 e. The third-order valence-electron chi connectivity index (χ3n) is 3.52. The first-order valence-corrected chi connectivity index (χ1v) is 6.37. The molecule has 2 unspecified atom stereocenters. The molecule has 4 heteroatoms. The highest BCUT2D eigenvalue weighted by molar-refractivity contribution is 5.18. The summed E-state index contributed by atoms with van der Waals surface area (Å²) in [6.45, 7) is 2.28. The van der Waals surface area contributed by atoms with Crippen molar-refractivity contribution in [3.8, 4) is 0 Å². The Balaban J connectivity index is 1.94. The molecule has 0 aromatic heterocycles. The normalized spacial score (nSPS) is 22.3. The summed E-state index contributed by atoms with van der Waals surface area (Å²) in [5.41, 5.74) is 0.763. The highest BCUT2D eigenvalue weighted by Crippen LogP contribution is 2.22. The molecular formula is C14H20FNO2. The van der Waals surface area contributed by atoms with E-state index in [0.29, 0.717) is 19.2 Å². The first-order valence-electron chi connectivity index (χ1n) is 6.37. The van der Waals surface area contributed by atoms with Gasteiger partial charge in [-0.1, -0.05) is 12.1 Å². The van der Waals surface area contributed by atoms with E-state index in [9.17, 15) is 9.50 Å². The van der Waals surface area contributed by atoms with Crippen LogP contribution < -0.4 is 0 Å². The van der Waals surface area contributed by atoms with Crippen molar-refractivity contribution in [3.63, 3.8) is 0 Å². The Hall–Kier alpha value is -0.970. The maximum atomic E-state index is 12.8. The summed E-state index contributed by atoms with van der Waals surface area (Å²) in [4.78, 5) is 2.25. The Morgan fingerprint density at radius 1 is 1.44 bits per heavy atom. The predicted molar refractivity (Wildman–Crippen MR) is 67.8 cm³/mol. The molecule has 1 saturated heterocycles. The zero-order valence-corrected chi connectivity index (χ0v) is 10.7. The molecule has 1 aromatic carbocycles. The average molecular weight is 253 g/mol. The molecule has 1 aliphatic rings. The fourth-order valence-corrected chi connectivity index (χ4v) is 2.53. The Morgan fingerprint density at radius 3 is 2.83 bits per heavy atom. The van der Waals surface area contributed by atoms with Crippen LogP contribution in [0.25, 0.3) is 0 Å². The number of aliphatic hydroxyl groups is 1. The summed E-state index contributed by atoms with van der Waals surface area (Å²) >= 11 is 0. The number of rotatable bonds is 5. The molecule has 0 bridgehead atoms. The fourth-order valence-electron chi connectivity index (χ4n) is 2.53. The largest absolute Gasteiger partial charge is 0.387 e. The maximum absolute atomic E-state index is 12.8. The minimum atomic E-state index is -0.567. The second-order valence-corrected chi connectivity index (χ2v) is 4.81. The van der Waals surface area contributed by atoms with Gasteiger partial charge in [0.05, 0.1) is 12.7 Å². The van der Waals surface area contributed by atoms with Crippen molar-refractivity contribution >= 4 is 0 Å². The zero-order chi connectivity index (χ0) is 13.0. The van der Waals surface area contributed by atoms with Crippen molar-refractivity contribution in [1.82, 2.24) is 4.90 Å². The van der Waals surface area contributed by atoms with Gasteiger partial charge in [-0.2, -0.15) is 0 Å². The Kier molecular flexibility index (Phi) is 4.69. The van der Waals surface area contributed by atoms with Crippen molar-refractivity contribution in [2.24, 2.45) is 0 Å². The monoisotopic (exact) mass is 253 g/mol. The first-order chi connectivity index (χ1) is 8.70. The SMILES string of the molecule is COCC1CCCN1CC(O)c1ccc(F)cc1. The number of hydrogen-bond donors (Lipinski definition) is 1. The highest BCUT2D eigenvalue weighted by atomic mass is 19.1. The van der Waals surface area contributed by atoms with Crippen LogP contribution in [0.3, 0.4) is 0 Å². The quantitative estimate of drug-likeness (QED) is 0.871. The molecule has 1 heterocycles. The van der Waals surface area contributed by atoms with Gasteiger partial charge in [0.25, 0.3) is 0 Å². The molecule has 0 spiro atoms. The van der Waals surface area contributed by atoms with E-state index in [1.807, 2.05) is 0 Å². The molecular weight excluding hydrogens is 233 g/mol. The second kappa shape index (κ2) is 6.27. The smallest absolute Gasteiger partial charge is 0.123 e. The van der Waals surface area contributed by atoms with Crippen LogP contribution in [0.5, 0.6) is 0 Å². The van der Waals surface area contributed by atoms with Crippen molar-refractivity contribution in [2.45, 2.75) is 25.0 Å². The molecule has 100 valence electrons. The van der Waals surface area contributed by atoms with Gasteiger partial charge in [-0.25, -0.2) is 4.39 Å². The summed E-state index contributed by atoms with van der Waals surface area (Å²) in [7, 11) is 1.70. The Morgan fingerprint density at radius 2 is 2.17 bits per heavy atom. The highest BCUT2D eigenvalue weighted by Gasteiger charge is 2.26. The number of aliphatic hydroxyl groups excluding tert-OH is 1. The van der Waals surface area contributed by atoms with Gasteiger partial charge < -0.3 is 9.84 Å². The lowest BCUT2D eigenvalue weighted by atomic mass is 10.1. The van der Waals surface area contributed by atoms with E-state index in [1.54, 1.807) is 19.2 Å². The van der Waals surface area contributed by atoms with Gasteiger partial charge in [-0.15, -0.1) is 0 Å². The molecule has 2 rings (SSSR count). The summed E-state index contributed by atoms with van der Waals surface area (Å²) in [5, 5.41) is 10.2. The lowest BCUT2D eigenvalue weighted by Crippen LogP contribution is -2.36. The van der Waals surface area contributed by atoms with Crippen LogP contribution in [0.1, 0.15) is 24.5 Å². The number of ether oxygens (including phenoxy) is 1. The van der Waals surface area contributed by atoms with Gasteiger partial charge in [0.2, 0.25) is 0 Å². The van der Waals surface area contributed by atoms with Crippen LogP contribution in [-0.2, 0) is 4.74 Å². The van der Waals surface area contributed by atoms with Gasteiger partial charge in [-0.3, -0.25) is 4.90 Å². The van der Waals surface area contributed by atoms with Gasteiger partial charge in [-0.05, 0) is 37.1 Å². The van der Waals surface area contributed by atoms with E-state index in [2.05, 4.69) is 4.90 Å². The zero-order valence-electron chi connectivity index (χ0n) is 10.7. The van der Waals surface area contributed by atoms with Crippen LogP contribution in [0, 0.1) is 5.82 Å². The van der Waals surface area contributed by atoms with Crippen molar-refractivity contribution < 1.29 is 14.2 Å². The van der Waals surface area contributed by atoms with Gasteiger partial charge in [0.15, 0.2) is 0 Å². The summed E-state index contributed by atoms with van der Waals surface area (Å²) in [6.07, 6.45) is 1.69. The van der Waals surface area contributed by atoms with Gasteiger partial charge >= 0.3 is 0 Å². The Labute approximate surface area is 107 Å². The lowest BCUT2D eigenvalue weighted by Gasteiger charge is -2.26. The molecule has 1 N–H and O–H groups in total. The molecule has 0 saturated carbocycles. The van der Waals surface area contributed by atoms with Crippen LogP contribution in [-0.4, -0.2) is 42.9 Å². The average Bonchev–Trinajstić information content (AvgIpc) is 2.78. The number of hydrogen-bond acceptors (Lipinski definition) is 3. The van der Waals surface area contributed by atoms with Crippen LogP contribution in [0.15, 0.2) is 24.3 Å². The van der Waals surface area contributed by atoms with E-state index in [4.69, 9.17) is 4.74 Å². The molecule has 18 heavy (non-hydrogen) atoms. The molecule has 0 aliphatic carbocycles. The summed E-state index contributed by atoms with van der Waals surface area (Å²) < 4.78 is 18.0. The van der Waals surface area contributed by atoms with E-state index >= 15 is 0 Å². The second-order valence-electron chi connectivity index (χ2n) is 4.81. The molecule has 2 atom stereocenters. The third kappa shape index (κ3) is 3.28. The molecule has 1 aromatic rings. The van der Waals surface area contributed by atoms with Crippen molar-refractivity contribution in [1.29, 1.82) is 0 Å². The topological polar surface area (TPSA) is 32.7 Å². The molecule has 0 radical (unpaired) electrons. The number of halogens is 1. The minimum absolute atomic E-state index is 0.274. The lowest BCUT2D eigenvalue weighted by molar-refractivity contribution is 0.0703. The molecule has 3 nitrogen and oxygen atoms in total. The van der Waals surface area contributed by atoms with E-state index in [0.717, 1.165) is 24.9 Å². The van der Waals surface area contributed by atoms with Gasteiger partial charge in [0.1, 0.15) is 5.82 Å². The van der Waals surface area contributed by atoms with Crippen LogP contribution in [0.2, 0.25) is 0 Å². The summed E-state index contributed by atoms with van der Waals surface area (Å²) in [5.74, 6) is -0.274. The molecule has 1 fully saturated rings. The fraction of sp³-hybridized carbons (Fsp3) is 0.571. The van der Waals surface area contributed by atoms with E-state index < -0.39 is 6.10 Å². The summed E-state index contributed by atoms with van der Waals surface area (Å²) in [6, 6.07) is 6.44. The van der Waals surface area contributed by atoms with Crippen LogP contribution >= 0.6 is 0 Å². The van der Waals surface area contributed by atoms with E-state index in [1.165, 1.54) is 12.1 Å². The standard InChI is InChI=1S/C14H20FNO2/c1-18-10-13-3-2-8-16(13)9-14(17)11-4-6-12(15)7-5-11/h4-7,13-14,17H,2-3,8-10H2,1H3. The number of nitrogens with zero attached hydrogens (tertiary/aromatic N) is 1. The van der Waals surface area contributed by atoms with Crippen LogP contribution in [0.4, 0.5) is 4.39 Å². The molecule has 1 aliphatic heterocycles. The number of β-amino-alcohol motifs (C(OH)–C–C–N with tert-alkyl or cyclic N) is 1. The van der Waals surface area contributed by atoms with Crippen molar-refractivity contribution in [3.05, 3.63) is 35.6 Å². The predicted octanol–water partition coefficient (Wildman–Crippen LogP) is 1.97. The number of methoxy groups -OCH3 is 1. The first kappa shape index (κ1) is 13.5. The third-order valence-corrected chi connectivity index (χ3v) is 3.52. The number of benzene rings is 1. The van der Waals surface area contributed by atoms with Gasteiger partial charge in [0, 0.05) is 19.7 Å².